The van der Waals surface area contributed by atoms with Crippen LogP contribution in [0.5, 0.6) is 0 Å². The fourth-order valence-electron chi connectivity index (χ4n) is 2.20. The molecule has 0 aliphatic heterocycles. The first kappa shape index (κ1) is 18.6. The summed E-state index contributed by atoms with van der Waals surface area (Å²) in [7, 11) is 0. The molecule has 0 saturated heterocycles. The Morgan fingerprint density at radius 3 is 2.32 bits per heavy atom. The molecular weight excluding hydrogens is 346 g/mol. The highest BCUT2D eigenvalue weighted by molar-refractivity contribution is 6.32. The molecule has 0 bridgehead atoms. The normalized spacial score (nSPS) is 11.6. The number of nitro benzene ring substituents is 1. The van der Waals surface area contributed by atoms with Gasteiger partial charge in [-0.1, -0.05) is 42.8 Å². The molecule has 130 valence electrons. The third-order valence-corrected chi connectivity index (χ3v) is 4.00. The van der Waals surface area contributed by atoms with Crippen molar-refractivity contribution < 1.29 is 19.2 Å². The Bertz CT molecular complexity index is 817. The number of carbonyl (C=O) groups is 2. The summed E-state index contributed by atoms with van der Waals surface area (Å²) in [6.45, 7) is 3.46. The lowest BCUT2D eigenvalue weighted by Gasteiger charge is -2.12. The summed E-state index contributed by atoms with van der Waals surface area (Å²) < 4.78 is 5.13. The number of benzene rings is 2. The quantitative estimate of drug-likeness (QED) is 0.332. The average Bonchev–Trinajstić information content (AvgIpc) is 2.61. The van der Waals surface area contributed by atoms with Gasteiger partial charge in [0.2, 0.25) is 5.78 Å². The van der Waals surface area contributed by atoms with E-state index in [1.165, 1.54) is 19.1 Å². The molecule has 1 atom stereocenters. The van der Waals surface area contributed by atoms with Crippen LogP contribution >= 0.6 is 11.6 Å². The Labute approximate surface area is 149 Å². The summed E-state index contributed by atoms with van der Waals surface area (Å²) in [6, 6.07) is 10.6. The van der Waals surface area contributed by atoms with Gasteiger partial charge in [-0.15, -0.1) is 0 Å². The molecule has 2 aromatic rings. The van der Waals surface area contributed by atoms with Gasteiger partial charge in [-0.25, -0.2) is 4.79 Å². The minimum atomic E-state index is -1.02. The summed E-state index contributed by atoms with van der Waals surface area (Å²) in [4.78, 5) is 34.7. The third-order valence-electron chi connectivity index (χ3n) is 3.68. The standard InChI is InChI=1S/C18H16ClNO5/c1-3-12-4-6-13(7-5-12)17(21)11(2)25-18(22)14-8-9-15(19)16(10-14)20(23)24/h4-11H,3H2,1-2H3/t11-/m0/s1. The molecule has 0 saturated carbocycles. The number of nitro groups is 1. The maximum absolute atomic E-state index is 12.3. The van der Waals surface area contributed by atoms with Gasteiger partial charge in [0.1, 0.15) is 5.02 Å². The summed E-state index contributed by atoms with van der Waals surface area (Å²) in [5.74, 6) is -1.18. The van der Waals surface area contributed by atoms with Gasteiger partial charge in [0.05, 0.1) is 10.5 Å². The second-order valence-electron chi connectivity index (χ2n) is 5.39. The number of hydrogen-bond acceptors (Lipinski definition) is 5. The van der Waals surface area contributed by atoms with E-state index >= 15 is 0 Å². The Balaban J connectivity index is 2.12. The molecule has 0 heterocycles. The molecule has 0 amide bonds. The zero-order valence-electron chi connectivity index (χ0n) is 13.7. The van der Waals surface area contributed by atoms with Crippen molar-refractivity contribution in [1.82, 2.24) is 0 Å². The van der Waals surface area contributed by atoms with Crippen LogP contribution in [0.4, 0.5) is 5.69 Å². The number of rotatable bonds is 6. The van der Waals surface area contributed by atoms with E-state index in [0.29, 0.717) is 5.56 Å². The molecule has 0 aliphatic carbocycles. The first-order valence-electron chi connectivity index (χ1n) is 7.61. The van der Waals surface area contributed by atoms with Gasteiger partial charge in [-0.05, 0) is 31.0 Å². The number of Topliss-reactive ketones (excluding diaryl/α,β-unsaturated/α-hetero) is 1. The maximum atomic E-state index is 12.3. The van der Waals surface area contributed by atoms with Gasteiger partial charge >= 0.3 is 5.97 Å². The largest absolute Gasteiger partial charge is 0.451 e. The number of ketones is 1. The smallest absolute Gasteiger partial charge is 0.339 e. The van der Waals surface area contributed by atoms with Crippen molar-refractivity contribution >= 4 is 29.0 Å². The van der Waals surface area contributed by atoms with Gasteiger partial charge in [0, 0.05) is 11.6 Å². The fraction of sp³-hybridized carbons (Fsp3) is 0.222. The predicted octanol–water partition coefficient (Wildman–Crippen LogP) is 4.24. The second kappa shape index (κ2) is 7.90. The lowest BCUT2D eigenvalue weighted by atomic mass is 10.0. The lowest BCUT2D eigenvalue weighted by Crippen LogP contribution is -2.24. The number of esters is 1. The third kappa shape index (κ3) is 4.42. The van der Waals surface area contributed by atoms with Crippen molar-refractivity contribution in [2.45, 2.75) is 26.4 Å². The number of carbonyl (C=O) groups excluding carboxylic acids is 2. The van der Waals surface area contributed by atoms with Gasteiger partial charge in [-0.3, -0.25) is 14.9 Å². The van der Waals surface area contributed by atoms with Crippen LogP contribution in [-0.2, 0) is 11.2 Å². The molecule has 0 spiro atoms. The summed E-state index contributed by atoms with van der Waals surface area (Å²) >= 11 is 5.71. The Morgan fingerprint density at radius 1 is 1.16 bits per heavy atom. The van der Waals surface area contributed by atoms with Crippen molar-refractivity contribution in [2.24, 2.45) is 0 Å². The maximum Gasteiger partial charge on any atom is 0.339 e. The van der Waals surface area contributed by atoms with Crippen LogP contribution in [-0.4, -0.2) is 22.8 Å². The molecule has 7 heteroatoms. The Hall–Kier alpha value is -2.73. The van der Waals surface area contributed by atoms with Crippen LogP contribution in [0.3, 0.4) is 0 Å². The molecule has 0 fully saturated rings. The first-order chi connectivity index (χ1) is 11.8. The van der Waals surface area contributed by atoms with E-state index in [9.17, 15) is 19.7 Å². The fourth-order valence-corrected chi connectivity index (χ4v) is 2.39. The van der Waals surface area contributed by atoms with Crippen molar-refractivity contribution in [1.29, 1.82) is 0 Å². The SMILES string of the molecule is CCc1ccc(C(=O)[C@H](C)OC(=O)c2ccc(Cl)c([N+](=O)[O-])c2)cc1. The van der Waals surface area contributed by atoms with E-state index in [1.54, 1.807) is 12.1 Å². The van der Waals surface area contributed by atoms with Crippen LogP contribution in [0.15, 0.2) is 42.5 Å². The van der Waals surface area contributed by atoms with Gasteiger partial charge in [0.15, 0.2) is 6.10 Å². The number of nitrogens with zero attached hydrogens (tertiary/aromatic N) is 1. The van der Waals surface area contributed by atoms with E-state index in [0.717, 1.165) is 18.1 Å². The van der Waals surface area contributed by atoms with Crippen molar-refractivity contribution in [3.63, 3.8) is 0 Å². The zero-order valence-corrected chi connectivity index (χ0v) is 14.4. The second-order valence-corrected chi connectivity index (χ2v) is 5.79. The van der Waals surface area contributed by atoms with Crippen LogP contribution < -0.4 is 0 Å². The van der Waals surface area contributed by atoms with E-state index < -0.39 is 22.7 Å². The van der Waals surface area contributed by atoms with Gasteiger partial charge in [-0.2, -0.15) is 0 Å². The highest BCUT2D eigenvalue weighted by atomic mass is 35.5. The molecular formula is C18H16ClNO5. The van der Waals surface area contributed by atoms with Crippen LogP contribution in [0.1, 0.15) is 40.1 Å². The highest BCUT2D eigenvalue weighted by Gasteiger charge is 2.22. The van der Waals surface area contributed by atoms with Crippen molar-refractivity contribution in [2.75, 3.05) is 0 Å². The van der Waals surface area contributed by atoms with Gasteiger partial charge < -0.3 is 4.74 Å². The van der Waals surface area contributed by atoms with Gasteiger partial charge in [0.25, 0.3) is 5.69 Å². The van der Waals surface area contributed by atoms with E-state index in [2.05, 4.69) is 0 Å². The van der Waals surface area contributed by atoms with Crippen LogP contribution in [0.25, 0.3) is 0 Å². The molecule has 6 nitrogen and oxygen atoms in total. The molecule has 0 unspecified atom stereocenters. The summed E-state index contributed by atoms with van der Waals surface area (Å²) in [6.07, 6.45) is -0.163. The number of ether oxygens (including phenoxy) is 1. The van der Waals surface area contributed by atoms with Crippen LogP contribution in [0.2, 0.25) is 5.02 Å². The lowest BCUT2D eigenvalue weighted by molar-refractivity contribution is -0.384. The monoisotopic (exact) mass is 361 g/mol. The molecule has 2 rings (SSSR count). The summed E-state index contributed by atoms with van der Waals surface area (Å²) in [5.41, 5.74) is 1.08. The topological polar surface area (TPSA) is 86.5 Å². The highest BCUT2D eigenvalue weighted by Crippen LogP contribution is 2.25. The molecule has 0 N–H and O–H groups in total. The number of aryl methyl sites for hydroxylation is 1. The zero-order chi connectivity index (χ0) is 18.6. The predicted molar refractivity (Wildman–Crippen MR) is 93.1 cm³/mol. The first-order valence-corrected chi connectivity index (χ1v) is 7.99. The molecule has 2 aromatic carbocycles. The molecule has 0 aliphatic rings. The number of halogens is 1. The number of hydrogen-bond donors (Lipinski definition) is 0. The van der Waals surface area contributed by atoms with E-state index in [-0.39, 0.29) is 16.4 Å². The molecule has 25 heavy (non-hydrogen) atoms. The minimum Gasteiger partial charge on any atom is -0.451 e. The van der Waals surface area contributed by atoms with Crippen LogP contribution in [0, 0.1) is 10.1 Å². The average molecular weight is 362 g/mol. The van der Waals surface area contributed by atoms with Crippen molar-refractivity contribution in [3.8, 4) is 0 Å². The summed E-state index contributed by atoms with van der Waals surface area (Å²) in [5, 5.41) is 10.8. The molecule has 0 radical (unpaired) electrons. The Morgan fingerprint density at radius 2 is 1.76 bits per heavy atom. The van der Waals surface area contributed by atoms with E-state index in [1.807, 2.05) is 19.1 Å². The molecule has 0 aromatic heterocycles. The Kier molecular flexibility index (Phi) is 5.88. The van der Waals surface area contributed by atoms with E-state index in [4.69, 9.17) is 16.3 Å². The van der Waals surface area contributed by atoms with Crippen molar-refractivity contribution in [3.05, 3.63) is 74.3 Å². The minimum absolute atomic E-state index is 0.0444.